The van der Waals surface area contributed by atoms with E-state index in [-0.39, 0.29) is 0 Å². The van der Waals surface area contributed by atoms with Crippen molar-refractivity contribution in [2.45, 2.75) is 25.7 Å². The molecule has 0 heterocycles. The number of unbranched alkanes of at least 4 members (excludes halogenated alkanes) is 3. The van der Waals surface area contributed by atoms with Crippen LogP contribution in [-0.4, -0.2) is 0 Å². The van der Waals surface area contributed by atoms with E-state index in [0.29, 0.717) is 6.42 Å². The third-order valence-electron chi connectivity index (χ3n) is 2.02. The normalized spacial score (nSPS) is 10.2. The highest BCUT2D eigenvalue weighted by molar-refractivity contribution is 5.48. The Balaban J connectivity index is 2.19. The zero-order valence-electron chi connectivity index (χ0n) is 8.32. The van der Waals surface area contributed by atoms with Gasteiger partial charge in [0.05, 0.1) is 6.07 Å². The number of hydrogen-bond donors (Lipinski definition) is 0. The van der Waals surface area contributed by atoms with Crippen LogP contribution in [0.15, 0.2) is 36.4 Å². The van der Waals surface area contributed by atoms with E-state index in [9.17, 15) is 0 Å². The molecule has 0 aliphatic rings. The molecule has 1 rings (SSSR count). The third-order valence-corrected chi connectivity index (χ3v) is 2.02. The first-order valence-corrected chi connectivity index (χ1v) is 5.02. The first-order valence-electron chi connectivity index (χ1n) is 5.02. The number of benzene rings is 1. The monoisotopic (exact) mass is 185 g/mol. The van der Waals surface area contributed by atoms with Gasteiger partial charge in [-0.3, -0.25) is 0 Å². The van der Waals surface area contributed by atoms with E-state index < -0.39 is 0 Å². The second-order valence-electron chi connectivity index (χ2n) is 3.22. The van der Waals surface area contributed by atoms with Crippen LogP contribution in [0.4, 0.5) is 0 Å². The summed E-state index contributed by atoms with van der Waals surface area (Å²) in [4.78, 5) is 0. The van der Waals surface area contributed by atoms with Crippen molar-refractivity contribution < 1.29 is 0 Å². The highest BCUT2D eigenvalue weighted by atomic mass is 14.2. The molecule has 72 valence electrons. The molecule has 0 aromatic heterocycles. The molecule has 0 unspecified atom stereocenters. The minimum atomic E-state index is 0.680. The number of allylic oxidation sites excluding steroid dienone is 1. The molecule has 1 heteroatoms. The lowest BCUT2D eigenvalue weighted by Gasteiger charge is -1.92. The summed E-state index contributed by atoms with van der Waals surface area (Å²) in [6.45, 7) is 0. The van der Waals surface area contributed by atoms with Crippen LogP contribution in [-0.2, 0) is 0 Å². The molecular weight excluding hydrogens is 170 g/mol. The Morgan fingerprint density at radius 2 is 1.93 bits per heavy atom. The van der Waals surface area contributed by atoms with E-state index >= 15 is 0 Å². The Morgan fingerprint density at radius 1 is 1.14 bits per heavy atom. The third kappa shape index (κ3) is 4.47. The van der Waals surface area contributed by atoms with E-state index in [1.807, 2.05) is 18.2 Å². The second kappa shape index (κ2) is 6.91. The van der Waals surface area contributed by atoms with Crippen molar-refractivity contribution in [2.24, 2.45) is 0 Å². The first kappa shape index (κ1) is 10.5. The predicted molar refractivity (Wildman–Crippen MR) is 59.6 cm³/mol. The summed E-state index contributed by atoms with van der Waals surface area (Å²) in [5.74, 6) is 0. The fourth-order valence-corrected chi connectivity index (χ4v) is 1.25. The van der Waals surface area contributed by atoms with Crippen LogP contribution in [0.5, 0.6) is 0 Å². The standard InChI is InChI=1S/C13H15N/c14-12-8-3-1-2-5-9-13-10-6-4-7-11-13/h4-7,9-11H,1-3,8H2/b9-5-. The van der Waals surface area contributed by atoms with E-state index in [1.54, 1.807) is 0 Å². The first-order chi connectivity index (χ1) is 6.93. The van der Waals surface area contributed by atoms with Crippen molar-refractivity contribution >= 4 is 6.08 Å². The van der Waals surface area contributed by atoms with Crippen LogP contribution < -0.4 is 0 Å². The molecule has 0 saturated heterocycles. The van der Waals surface area contributed by atoms with Gasteiger partial charge < -0.3 is 0 Å². The largest absolute Gasteiger partial charge is 0.198 e. The minimum absolute atomic E-state index is 0.680. The maximum absolute atomic E-state index is 8.33. The molecule has 0 bridgehead atoms. The summed E-state index contributed by atoms with van der Waals surface area (Å²) >= 11 is 0. The average molecular weight is 185 g/mol. The molecule has 0 N–H and O–H groups in total. The van der Waals surface area contributed by atoms with Gasteiger partial charge in [0.25, 0.3) is 0 Å². The van der Waals surface area contributed by atoms with Gasteiger partial charge in [0.2, 0.25) is 0 Å². The van der Waals surface area contributed by atoms with Crippen LogP contribution in [0.1, 0.15) is 31.2 Å². The second-order valence-corrected chi connectivity index (χ2v) is 3.22. The zero-order chi connectivity index (χ0) is 10.1. The van der Waals surface area contributed by atoms with Crippen molar-refractivity contribution in [1.29, 1.82) is 5.26 Å². The average Bonchev–Trinajstić information content (AvgIpc) is 2.25. The summed E-state index contributed by atoms with van der Waals surface area (Å²) in [5, 5.41) is 8.33. The van der Waals surface area contributed by atoms with Crippen LogP contribution in [0.3, 0.4) is 0 Å². The Hall–Kier alpha value is -1.55. The molecule has 0 aliphatic heterocycles. The molecule has 1 nitrogen and oxygen atoms in total. The van der Waals surface area contributed by atoms with Gasteiger partial charge in [0.1, 0.15) is 0 Å². The van der Waals surface area contributed by atoms with Crippen LogP contribution >= 0.6 is 0 Å². The maximum atomic E-state index is 8.33. The van der Waals surface area contributed by atoms with Gasteiger partial charge in [-0.15, -0.1) is 0 Å². The molecule has 0 aliphatic carbocycles. The molecule has 0 amide bonds. The predicted octanol–water partition coefficient (Wildman–Crippen LogP) is 3.78. The van der Waals surface area contributed by atoms with Gasteiger partial charge in [-0.1, -0.05) is 42.5 Å². The maximum Gasteiger partial charge on any atom is 0.0621 e. The quantitative estimate of drug-likeness (QED) is 0.640. The Bertz CT molecular complexity index is 306. The number of rotatable bonds is 5. The lowest BCUT2D eigenvalue weighted by Crippen LogP contribution is -1.73. The van der Waals surface area contributed by atoms with Gasteiger partial charge in [-0.25, -0.2) is 0 Å². The van der Waals surface area contributed by atoms with Crippen LogP contribution in [0.2, 0.25) is 0 Å². The molecule has 0 fully saturated rings. The molecule has 0 atom stereocenters. The highest BCUT2D eigenvalue weighted by Crippen LogP contribution is 2.04. The van der Waals surface area contributed by atoms with Gasteiger partial charge in [-0.05, 0) is 24.8 Å². The van der Waals surface area contributed by atoms with Crippen LogP contribution in [0, 0.1) is 11.3 Å². The molecule has 0 spiro atoms. The minimum Gasteiger partial charge on any atom is -0.198 e. The van der Waals surface area contributed by atoms with E-state index in [1.165, 1.54) is 5.56 Å². The SMILES string of the molecule is N#CCCCC/C=C\c1ccccc1. The number of nitriles is 1. The van der Waals surface area contributed by atoms with Gasteiger partial charge in [0.15, 0.2) is 0 Å². The molecular formula is C13H15N. The highest BCUT2D eigenvalue weighted by Gasteiger charge is 1.85. The summed E-state index contributed by atoms with van der Waals surface area (Å²) < 4.78 is 0. The van der Waals surface area contributed by atoms with Crippen molar-refractivity contribution in [3.63, 3.8) is 0 Å². The molecule has 14 heavy (non-hydrogen) atoms. The van der Waals surface area contributed by atoms with Crippen LogP contribution in [0.25, 0.3) is 6.08 Å². The summed E-state index contributed by atoms with van der Waals surface area (Å²) in [6, 6.07) is 12.4. The Kier molecular flexibility index (Phi) is 5.20. The smallest absolute Gasteiger partial charge is 0.0621 e. The topological polar surface area (TPSA) is 23.8 Å². The molecule has 0 saturated carbocycles. The number of nitrogens with zero attached hydrogens (tertiary/aromatic N) is 1. The fourth-order valence-electron chi connectivity index (χ4n) is 1.25. The van der Waals surface area contributed by atoms with Gasteiger partial charge in [0, 0.05) is 6.42 Å². The zero-order valence-corrected chi connectivity index (χ0v) is 8.32. The molecule has 0 radical (unpaired) electrons. The number of hydrogen-bond acceptors (Lipinski definition) is 1. The van der Waals surface area contributed by atoms with Crippen molar-refractivity contribution in [3.05, 3.63) is 42.0 Å². The Morgan fingerprint density at radius 3 is 2.64 bits per heavy atom. The molecule has 1 aromatic carbocycles. The Labute approximate surface area is 85.7 Å². The lowest BCUT2D eigenvalue weighted by molar-refractivity contribution is 0.769. The summed E-state index contributed by atoms with van der Waals surface area (Å²) in [6.07, 6.45) is 8.17. The van der Waals surface area contributed by atoms with E-state index in [2.05, 4.69) is 30.4 Å². The molecule has 1 aromatic rings. The summed E-state index contributed by atoms with van der Waals surface area (Å²) in [5.41, 5.74) is 1.24. The van der Waals surface area contributed by atoms with E-state index in [0.717, 1.165) is 19.3 Å². The van der Waals surface area contributed by atoms with Crippen molar-refractivity contribution in [2.75, 3.05) is 0 Å². The van der Waals surface area contributed by atoms with Gasteiger partial charge >= 0.3 is 0 Å². The van der Waals surface area contributed by atoms with Crippen molar-refractivity contribution in [3.8, 4) is 6.07 Å². The van der Waals surface area contributed by atoms with Gasteiger partial charge in [-0.2, -0.15) is 5.26 Å². The fraction of sp³-hybridized carbons (Fsp3) is 0.308. The summed E-state index contributed by atoms with van der Waals surface area (Å²) in [7, 11) is 0. The lowest BCUT2D eigenvalue weighted by atomic mass is 10.1. The van der Waals surface area contributed by atoms with Crippen molar-refractivity contribution in [1.82, 2.24) is 0 Å². The van der Waals surface area contributed by atoms with E-state index in [4.69, 9.17) is 5.26 Å².